The van der Waals surface area contributed by atoms with Gasteiger partial charge in [0.1, 0.15) is 0 Å². The van der Waals surface area contributed by atoms with Crippen molar-refractivity contribution < 1.29 is 13.2 Å². The number of hydrogen-bond acceptors (Lipinski definition) is 4. The molecule has 0 radical (unpaired) electrons. The summed E-state index contributed by atoms with van der Waals surface area (Å²) in [5.74, 6) is 0.198. The fourth-order valence-corrected chi connectivity index (χ4v) is 4.84. The second-order valence-electron chi connectivity index (χ2n) is 7.28. The van der Waals surface area contributed by atoms with E-state index in [2.05, 4.69) is 0 Å². The van der Waals surface area contributed by atoms with Gasteiger partial charge >= 0.3 is 0 Å². The summed E-state index contributed by atoms with van der Waals surface area (Å²) < 4.78 is 25.2. The van der Waals surface area contributed by atoms with Crippen molar-refractivity contribution in [3.8, 4) is 0 Å². The van der Waals surface area contributed by atoms with Gasteiger partial charge in [0.2, 0.25) is 0 Å². The molecule has 6 heteroatoms. The van der Waals surface area contributed by atoms with Crippen LogP contribution in [-0.2, 0) is 15.6 Å². The first-order valence-electron chi connectivity index (χ1n) is 9.28. The van der Waals surface area contributed by atoms with E-state index in [1.165, 1.54) is 12.1 Å². The topological polar surface area (TPSA) is 80.5 Å². The molecule has 1 heterocycles. The lowest BCUT2D eigenvalue weighted by Gasteiger charge is -2.34. The Balaban J connectivity index is 1.72. The predicted molar refractivity (Wildman–Crippen MR) is 106 cm³/mol. The van der Waals surface area contributed by atoms with E-state index < -0.39 is 9.84 Å². The quantitative estimate of drug-likeness (QED) is 0.857. The molecule has 0 aromatic heterocycles. The predicted octanol–water partition coefficient (Wildman–Crippen LogP) is 2.86. The molecule has 0 spiro atoms. The maximum absolute atomic E-state index is 12.8. The maximum atomic E-state index is 12.8. The number of carbonyl (C=O) groups is 1. The molecule has 27 heavy (non-hydrogen) atoms. The average molecular weight is 387 g/mol. The number of piperidine rings is 1. The fraction of sp³-hybridized carbons (Fsp3) is 0.381. The molecule has 2 atom stereocenters. The number of amides is 1. The van der Waals surface area contributed by atoms with Crippen molar-refractivity contribution >= 4 is 15.7 Å². The Morgan fingerprint density at radius 2 is 1.81 bits per heavy atom. The number of likely N-dealkylation sites (tertiary alicyclic amines) is 1. The third-order valence-electron chi connectivity index (χ3n) is 5.15. The van der Waals surface area contributed by atoms with Crippen LogP contribution in [0.1, 0.15) is 35.7 Å². The van der Waals surface area contributed by atoms with Gasteiger partial charge in [-0.3, -0.25) is 4.79 Å². The van der Waals surface area contributed by atoms with Crippen LogP contribution in [0.25, 0.3) is 0 Å². The van der Waals surface area contributed by atoms with Crippen molar-refractivity contribution in [2.24, 2.45) is 11.7 Å². The van der Waals surface area contributed by atoms with Crippen LogP contribution in [0.2, 0.25) is 0 Å². The van der Waals surface area contributed by atoms with Crippen LogP contribution in [0.15, 0.2) is 59.5 Å². The van der Waals surface area contributed by atoms with Gasteiger partial charge < -0.3 is 10.6 Å². The molecule has 0 unspecified atom stereocenters. The molecule has 1 amide bonds. The summed E-state index contributed by atoms with van der Waals surface area (Å²) in [5, 5.41) is 0. The normalized spacial score (nSPS) is 18.9. The van der Waals surface area contributed by atoms with Crippen LogP contribution in [-0.4, -0.2) is 38.4 Å². The van der Waals surface area contributed by atoms with Gasteiger partial charge in [0.25, 0.3) is 5.91 Å². The summed E-state index contributed by atoms with van der Waals surface area (Å²) in [6.45, 7) is 3.35. The summed E-state index contributed by atoms with van der Waals surface area (Å²) in [4.78, 5) is 14.8. The molecule has 3 rings (SSSR count). The number of nitrogens with two attached hydrogens (primary N) is 1. The zero-order chi connectivity index (χ0) is 19.4. The third-order valence-corrected chi connectivity index (χ3v) is 6.85. The number of sulfone groups is 1. The van der Waals surface area contributed by atoms with Crippen molar-refractivity contribution in [1.29, 1.82) is 0 Å². The summed E-state index contributed by atoms with van der Waals surface area (Å²) in [6.07, 6.45) is 1.99. The molecule has 1 fully saturated rings. The lowest BCUT2D eigenvalue weighted by atomic mass is 9.92. The van der Waals surface area contributed by atoms with Gasteiger partial charge in [-0.15, -0.1) is 0 Å². The van der Waals surface area contributed by atoms with Crippen LogP contribution in [0, 0.1) is 5.92 Å². The summed E-state index contributed by atoms with van der Waals surface area (Å²) in [5.41, 5.74) is 7.25. The number of nitrogens with zero attached hydrogens (tertiary/aromatic N) is 1. The average Bonchev–Trinajstić information content (AvgIpc) is 2.68. The minimum absolute atomic E-state index is 0.0523. The zero-order valence-electron chi connectivity index (χ0n) is 15.5. The molecule has 0 bridgehead atoms. The van der Waals surface area contributed by atoms with Crippen LogP contribution < -0.4 is 5.73 Å². The van der Waals surface area contributed by atoms with Crippen molar-refractivity contribution in [3.05, 3.63) is 65.7 Å². The van der Waals surface area contributed by atoms with Crippen LogP contribution in [0.4, 0.5) is 0 Å². The first-order chi connectivity index (χ1) is 12.9. The molecule has 5 nitrogen and oxygen atoms in total. The second-order valence-corrected chi connectivity index (χ2v) is 9.27. The molecule has 0 aliphatic carbocycles. The van der Waals surface area contributed by atoms with E-state index >= 15 is 0 Å². The number of hydrogen-bond donors (Lipinski definition) is 1. The van der Waals surface area contributed by atoms with Crippen molar-refractivity contribution in [1.82, 2.24) is 4.90 Å². The van der Waals surface area contributed by atoms with E-state index in [0.717, 1.165) is 24.9 Å². The molecule has 2 N–H and O–H groups in total. The van der Waals surface area contributed by atoms with Gasteiger partial charge in [-0.25, -0.2) is 8.42 Å². The Bertz CT molecular complexity index is 877. The molecular weight excluding hydrogens is 360 g/mol. The number of carbonyl (C=O) groups excluding carboxylic acids is 1. The number of benzene rings is 2. The van der Waals surface area contributed by atoms with E-state index in [1.54, 1.807) is 24.3 Å². The van der Waals surface area contributed by atoms with Gasteiger partial charge in [0.05, 0.1) is 10.6 Å². The Kier molecular flexibility index (Phi) is 5.97. The molecule has 1 aliphatic heterocycles. The minimum Gasteiger partial charge on any atom is -0.338 e. The van der Waals surface area contributed by atoms with E-state index in [0.29, 0.717) is 18.0 Å². The molecule has 144 valence electrons. The molecule has 1 saturated heterocycles. The Hall–Kier alpha value is -2.18. The first kappa shape index (κ1) is 19.6. The minimum atomic E-state index is -3.44. The standard InChI is InChI=1S/C21H26N2O3S/c1-16(22)19-8-5-13-23(14-19)21(24)18-9-11-20(12-10-18)27(25,26)15-17-6-3-2-4-7-17/h2-4,6-7,9-12,16,19H,5,8,13-15,22H2,1H3/t16-,19+/m0/s1. The SMILES string of the molecule is C[C@H](N)[C@@H]1CCCN(C(=O)c2ccc(S(=O)(=O)Cc3ccccc3)cc2)C1. The van der Waals surface area contributed by atoms with E-state index in [9.17, 15) is 13.2 Å². The van der Waals surface area contributed by atoms with Crippen LogP contribution in [0.3, 0.4) is 0 Å². The highest BCUT2D eigenvalue weighted by Gasteiger charge is 2.26. The summed E-state index contributed by atoms with van der Waals surface area (Å²) in [6, 6.07) is 15.4. The van der Waals surface area contributed by atoms with E-state index in [4.69, 9.17) is 5.73 Å². The largest absolute Gasteiger partial charge is 0.338 e. The van der Waals surface area contributed by atoms with Crippen LogP contribution >= 0.6 is 0 Å². The lowest BCUT2D eigenvalue weighted by molar-refractivity contribution is 0.0661. The molecular formula is C21H26N2O3S. The molecule has 2 aromatic carbocycles. The van der Waals surface area contributed by atoms with Crippen molar-refractivity contribution in [2.45, 2.75) is 36.5 Å². The Morgan fingerprint density at radius 3 is 2.44 bits per heavy atom. The van der Waals surface area contributed by atoms with Gasteiger partial charge in [-0.2, -0.15) is 0 Å². The summed E-state index contributed by atoms with van der Waals surface area (Å²) >= 11 is 0. The third kappa shape index (κ3) is 4.76. The smallest absolute Gasteiger partial charge is 0.253 e. The van der Waals surface area contributed by atoms with Gasteiger partial charge in [0.15, 0.2) is 9.84 Å². The first-order valence-corrected chi connectivity index (χ1v) is 10.9. The highest BCUT2D eigenvalue weighted by atomic mass is 32.2. The molecule has 0 saturated carbocycles. The highest BCUT2D eigenvalue weighted by Crippen LogP contribution is 2.22. The Labute approximate surface area is 161 Å². The van der Waals surface area contributed by atoms with E-state index in [1.807, 2.05) is 30.0 Å². The number of rotatable bonds is 5. The fourth-order valence-electron chi connectivity index (χ4n) is 3.49. The maximum Gasteiger partial charge on any atom is 0.253 e. The Morgan fingerprint density at radius 1 is 1.15 bits per heavy atom. The van der Waals surface area contributed by atoms with Crippen molar-refractivity contribution in [3.63, 3.8) is 0 Å². The zero-order valence-corrected chi connectivity index (χ0v) is 16.4. The van der Waals surface area contributed by atoms with Gasteiger partial charge in [-0.1, -0.05) is 30.3 Å². The molecule has 1 aliphatic rings. The van der Waals surface area contributed by atoms with Crippen LogP contribution in [0.5, 0.6) is 0 Å². The van der Waals surface area contributed by atoms with E-state index in [-0.39, 0.29) is 22.6 Å². The summed E-state index contributed by atoms with van der Waals surface area (Å²) in [7, 11) is -3.44. The highest BCUT2D eigenvalue weighted by molar-refractivity contribution is 7.90. The second kappa shape index (κ2) is 8.23. The lowest BCUT2D eigenvalue weighted by Crippen LogP contribution is -2.45. The van der Waals surface area contributed by atoms with Crippen molar-refractivity contribution in [2.75, 3.05) is 13.1 Å². The molecule has 2 aromatic rings. The van der Waals surface area contributed by atoms with Gasteiger partial charge in [-0.05, 0) is 55.5 Å². The van der Waals surface area contributed by atoms with Gasteiger partial charge in [0, 0.05) is 24.7 Å². The monoisotopic (exact) mass is 386 g/mol.